The van der Waals surface area contributed by atoms with Gasteiger partial charge in [-0.2, -0.15) is 4.80 Å². The van der Waals surface area contributed by atoms with E-state index in [-0.39, 0.29) is 19.0 Å². The molecule has 0 aliphatic rings. The van der Waals surface area contributed by atoms with Gasteiger partial charge < -0.3 is 19.5 Å². The molecule has 9 heteroatoms. The predicted molar refractivity (Wildman–Crippen MR) is 106 cm³/mol. The molecule has 9 nitrogen and oxygen atoms in total. The SMILES string of the molecule is COc1cc(OC)c(CNC(=O)Cn2nnc(-c3ccccc3C)n2)c(OC)c1. The maximum Gasteiger partial charge on any atom is 0.243 e. The Bertz CT molecular complexity index is 977. The lowest BCUT2D eigenvalue weighted by Crippen LogP contribution is -2.28. The lowest BCUT2D eigenvalue weighted by Gasteiger charge is -2.15. The maximum absolute atomic E-state index is 12.4. The Morgan fingerprint density at radius 2 is 1.76 bits per heavy atom. The molecule has 3 aromatic rings. The van der Waals surface area contributed by atoms with Crippen LogP contribution in [0.3, 0.4) is 0 Å². The number of carbonyl (C=O) groups excluding carboxylic acids is 1. The zero-order valence-electron chi connectivity index (χ0n) is 16.8. The summed E-state index contributed by atoms with van der Waals surface area (Å²) in [4.78, 5) is 13.6. The van der Waals surface area contributed by atoms with Gasteiger partial charge in [0.05, 0.1) is 33.4 Å². The van der Waals surface area contributed by atoms with Crippen molar-refractivity contribution in [2.45, 2.75) is 20.0 Å². The number of hydrogen-bond donors (Lipinski definition) is 1. The van der Waals surface area contributed by atoms with E-state index in [1.165, 1.54) is 4.80 Å². The first-order chi connectivity index (χ1) is 14.0. The van der Waals surface area contributed by atoms with Gasteiger partial charge in [0.25, 0.3) is 0 Å². The van der Waals surface area contributed by atoms with E-state index in [0.717, 1.165) is 11.1 Å². The number of hydrogen-bond acceptors (Lipinski definition) is 7. The Balaban J connectivity index is 1.68. The first kappa shape index (κ1) is 20.1. The van der Waals surface area contributed by atoms with Crippen LogP contribution < -0.4 is 19.5 Å². The van der Waals surface area contributed by atoms with E-state index in [1.54, 1.807) is 33.5 Å². The minimum atomic E-state index is -0.265. The molecule has 1 aromatic heterocycles. The molecule has 0 saturated carbocycles. The van der Waals surface area contributed by atoms with Gasteiger partial charge in [-0.1, -0.05) is 24.3 Å². The van der Waals surface area contributed by atoms with Crippen LogP contribution in [0.2, 0.25) is 0 Å². The molecule has 152 valence electrons. The Morgan fingerprint density at radius 3 is 2.38 bits per heavy atom. The Labute approximate surface area is 168 Å². The van der Waals surface area contributed by atoms with Crippen LogP contribution >= 0.6 is 0 Å². The molecule has 1 N–H and O–H groups in total. The van der Waals surface area contributed by atoms with Crippen molar-refractivity contribution in [3.8, 4) is 28.6 Å². The Kier molecular flexibility index (Phi) is 6.28. The minimum absolute atomic E-state index is 0.0559. The van der Waals surface area contributed by atoms with Gasteiger partial charge in [-0.25, -0.2) is 0 Å². The number of amides is 1. The van der Waals surface area contributed by atoms with Crippen molar-refractivity contribution < 1.29 is 19.0 Å². The number of aryl methyl sites for hydroxylation is 1. The molecule has 2 aromatic carbocycles. The van der Waals surface area contributed by atoms with Gasteiger partial charge in [0.1, 0.15) is 23.8 Å². The number of nitrogens with one attached hydrogen (secondary N) is 1. The smallest absolute Gasteiger partial charge is 0.243 e. The maximum atomic E-state index is 12.4. The number of benzene rings is 2. The molecule has 0 spiro atoms. The van der Waals surface area contributed by atoms with E-state index in [2.05, 4.69) is 20.7 Å². The Hall–Kier alpha value is -3.62. The van der Waals surface area contributed by atoms with Crippen LogP contribution in [0.1, 0.15) is 11.1 Å². The van der Waals surface area contributed by atoms with Gasteiger partial charge in [-0.15, -0.1) is 10.2 Å². The van der Waals surface area contributed by atoms with Crippen molar-refractivity contribution in [3.05, 3.63) is 47.5 Å². The molecule has 0 aliphatic heterocycles. The average Bonchev–Trinajstić information content (AvgIpc) is 3.19. The summed E-state index contributed by atoms with van der Waals surface area (Å²) in [6, 6.07) is 11.2. The summed E-state index contributed by atoms with van der Waals surface area (Å²) in [5.41, 5.74) is 2.62. The molecule has 0 radical (unpaired) electrons. The number of ether oxygens (including phenoxy) is 3. The van der Waals surface area contributed by atoms with Gasteiger partial charge in [0.15, 0.2) is 0 Å². The fourth-order valence-electron chi connectivity index (χ4n) is 2.87. The molecule has 0 bridgehead atoms. The number of aromatic nitrogens is 4. The van der Waals surface area contributed by atoms with Crippen molar-refractivity contribution in [2.24, 2.45) is 0 Å². The summed E-state index contributed by atoms with van der Waals surface area (Å²) in [6.07, 6.45) is 0. The van der Waals surface area contributed by atoms with Crippen molar-refractivity contribution in [1.82, 2.24) is 25.5 Å². The zero-order valence-corrected chi connectivity index (χ0v) is 16.8. The highest BCUT2D eigenvalue weighted by Crippen LogP contribution is 2.33. The highest BCUT2D eigenvalue weighted by Gasteiger charge is 2.15. The Morgan fingerprint density at radius 1 is 1.07 bits per heavy atom. The van der Waals surface area contributed by atoms with Crippen molar-refractivity contribution >= 4 is 5.91 Å². The van der Waals surface area contributed by atoms with E-state index in [0.29, 0.717) is 28.6 Å². The van der Waals surface area contributed by atoms with Crippen LogP contribution in [0, 0.1) is 6.92 Å². The molecular formula is C20H23N5O4. The third-order valence-corrected chi connectivity index (χ3v) is 4.40. The van der Waals surface area contributed by atoms with Crippen LogP contribution in [0.5, 0.6) is 17.2 Å². The van der Waals surface area contributed by atoms with Gasteiger partial charge in [-0.05, 0) is 17.7 Å². The van der Waals surface area contributed by atoms with E-state index >= 15 is 0 Å². The van der Waals surface area contributed by atoms with Crippen molar-refractivity contribution in [1.29, 1.82) is 0 Å². The van der Waals surface area contributed by atoms with E-state index in [9.17, 15) is 4.79 Å². The number of carbonyl (C=O) groups is 1. The largest absolute Gasteiger partial charge is 0.496 e. The summed E-state index contributed by atoms with van der Waals surface area (Å²) in [7, 11) is 4.66. The van der Waals surface area contributed by atoms with Crippen LogP contribution in [0.25, 0.3) is 11.4 Å². The van der Waals surface area contributed by atoms with E-state index < -0.39 is 0 Å². The summed E-state index contributed by atoms with van der Waals surface area (Å²) in [5, 5.41) is 15.1. The summed E-state index contributed by atoms with van der Waals surface area (Å²) in [6.45, 7) is 2.13. The van der Waals surface area contributed by atoms with Crippen LogP contribution in [0.15, 0.2) is 36.4 Å². The minimum Gasteiger partial charge on any atom is -0.496 e. The highest BCUT2D eigenvalue weighted by atomic mass is 16.5. The van der Waals surface area contributed by atoms with Crippen molar-refractivity contribution in [2.75, 3.05) is 21.3 Å². The third-order valence-electron chi connectivity index (χ3n) is 4.40. The van der Waals surface area contributed by atoms with Crippen LogP contribution in [-0.2, 0) is 17.9 Å². The molecule has 0 saturated heterocycles. The average molecular weight is 397 g/mol. The fourth-order valence-corrected chi connectivity index (χ4v) is 2.87. The normalized spacial score (nSPS) is 10.5. The van der Waals surface area contributed by atoms with Gasteiger partial charge in [0.2, 0.25) is 11.7 Å². The predicted octanol–water partition coefficient (Wildman–Crippen LogP) is 1.99. The molecule has 3 rings (SSSR count). The number of methoxy groups -OCH3 is 3. The second-order valence-electron chi connectivity index (χ2n) is 6.25. The molecule has 0 fully saturated rings. The van der Waals surface area contributed by atoms with Crippen LogP contribution in [-0.4, -0.2) is 47.4 Å². The molecular weight excluding hydrogens is 374 g/mol. The quantitative estimate of drug-likeness (QED) is 0.620. The second kappa shape index (κ2) is 9.05. The van der Waals surface area contributed by atoms with Gasteiger partial charge >= 0.3 is 0 Å². The number of rotatable bonds is 8. The summed E-state index contributed by atoms with van der Waals surface area (Å²) >= 11 is 0. The van der Waals surface area contributed by atoms with E-state index in [4.69, 9.17) is 14.2 Å². The van der Waals surface area contributed by atoms with Gasteiger partial charge in [0, 0.05) is 17.7 Å². The summed E-state index contributed by atoms with van der Waals surface area (Å²) in [5.74, 6) is 1.93. The molecule has 0 aliphatic carbocycles. The summed E-state index contributed by atoms with van der Waals surface area (Å²) < 4.78 is 16.0. The topological polar surface area (TPSA) is 100 Å². The monoisotopic (exact) mass is 397 g/mol. The molecule has 29 heavy (non-hydrogen) atoms. The zero-order chi connectivity index (χ0) is 20.8. The third kappa shape index (κ3) is 4.63. The van der Waals surface area contributed by atoms with Crippen LogP contribution in [0.4, 0.5) is 0 Å². The lowest BCUT2D eigenvalue weighted by atomic mass is 10.1. The first-order valence-corrected chi connectivity index (χ1v) is 8.95. The van der Waals surface area contributed by atoms with Gasteiger partial charge in [-0.3, -0.25) is 4.79 Å². The van der Waals surface area contributed by atoms with Crippen molar-refractivity contribution in [3.63, 3.8) is 0 Å². The number of nitrogens with zero attached hydrogens (tertiary/aromatic N) is 4. The molecule has 0 atom stereocenters. The first-order valence-electron chi connectivity index (χ1n) is 8.95. The highest BCUT2D eigenvalue weighted by molar-refractivity contribution is 5.75. The second-order valence-corrected chi connectivity index (χ2v) is 6.25. The fraction of sp³-hybridized carbons (Fsp3) is 0.300. The molecule has 1 amide bonds. The molecule has 0 unspecified atom stereocenters. The number of tetrazole rings is 1. The molecule has 1 heterocycles. The van der Waals surface area contributed by atoms with E-state index in [1.807, 2.05) is 31.2 Å². The lowest BCUT2D eigenvalue weighted by molar-refractivity contribution is -0.122. The standard InChI is InChI=1S/C20H23N5O4/c1-13-7-5-6-8-15(13)20-22-24-25(23-20)12-19(26)21-11-16-17(28-3)9-14(27-2)10-18(16)29-4/h5-10H,11-12H2,1-4H3,(H,21,26).